The third kappa shape index (κ3) is 4.39. The molecule has 3 fully saturated rings. The van der Waals surface area contributed by atoms with Crippen LogP contribution in [0.15, 0.2) is 36.7 Å². The number of anilines is 1. The number of hydrogen-bond donors (Lipinski definition) is 0. The SMILES string of the molecule is Cn1cnnc1CC1(c2ccc3c(c2)C(=O)N(c2cc(CN4CC5CCCC5C4)cc(C(F)(F)F)n2)C3)COC1. The van der Waals surface area contributed by atoms with Crippen molar-refractivity contribution in [3.63, 3.8) is 0 Å². The number of hydrogen-bond acceptors (Lipinski definition) is 6. The highest BCUT2D eigenvalue weighted by Crippen LogP contribution is 2.41. The molecule has 0 radical (unpaired) electrons. The van der Waals surface area contributed by atoms with Gasteiger partial charge >= 0.3 is 6.18 Å². The number of halogens is 3. The van der Waals surface area contributed by atoms with Gasteiger partial charge < -0.3 is 9.30 Å². The smallest absolute Gasteiger partial charge is 0.379 e. The molecule has 1 aromatic carbocycles. The Bertz CT molecular complexity index is 1450. The Hall–Kier alpha value is -3.31. The topological polar surface area (TPSA) is 76.4 Å². The van der Waals surface area contributed by atoms with Crippen molar-refractivity contribution < 1.29 is 22.7 Å². The lowest BCUT2D eigenvalue weighted by atomic mass is 9.75. The van der Waals surface area contributed by atoms with Crippen molar-refractivity contribution in [3.05, 3.63) is 70.4 Å². The largest absolute Gasteiger partial charge is 0.433 e. The van der Waals surface area contributed by atoms with Gasteiger partial charge in [0.05, 0.1) is 19.8 Å². The minimum Gasteiger partial charge on any atom is -0.379 e. The third-order valence-corrected chi connectivity index (χ3v) is 9.23. The first-order chi connectivity index (χ1) is 19.2. The summed E-state index contributed by atoms with van der Waals surface area (Å²) in [5.74, 6) is 1.82. The molecule has 1 amide bonds. The van der Waals surface area contributed by atoms with E-state index >= 15 is 0 Å². The molecule has 0 bridgehead atoms. The Morgan fingerprint density at radius 2 is 1.88 bits per heavy atom. The molecule has 3 aromatic rings. The molecule has 4 aliphatic rings. The number of ether oxygens (including phenoxy) is 1. The van der Waals surface area contributed by atoms with Crippen LogP contribution in [0.3, 0.4) is 0 Å². The van der Waals surface area contributed by atoms with Gasteiger partial charge in [0.1, 0.15) is 23.7 Å². The van der Waals surface area contributed by atoms with Gasteiger partial charge in [-0.3, -0.25) is 14.6 Å². The summed E-state index contributed by atoms with van der Waals surface area (Å²) in [6, 6.07) is 8.55. The van der Waals surface area contributed by atoms with E-state index < -0.39 is 11.9 Å². The normalized spacial score (nSPS) is 23.9. The average molecular weight is 553 g/mol. The fraction of sp³-hybridized carbons (Fsp3) is 0.517. The molecule has 0 N–H and O–H groups in total. The number of benzene rings is 1. The van der Waals surface area contributed by atoms with E-state index in [0.29, 0.717) is 49.1 Å². The lowest BCUT2D eigenvalue weighted by molar-refractivity contribution is -0.141. The van der Waals surface area contributed by atoms with Gasteiger partial charge in [0.15, 0.2) is 0 Å². The Labute approximate surface area is 230 Å². The van der Waals surface area contributed by atoms with Crippen LogP contribution in [-0.4, -0.2) is 56.9 Å². The number of carbonyl (C=O) groups excluding carboxylic acids is 1. The minimum absolute atomic E-state index is 0.0488. The first kappa shape index (κ1) is 25.6. The summed E-state index contributed by atoms with van der Waals surface area (Å²) in [6.45, 7) is 3.43. The number of rotatable bonds is 6. The van der Waals surface area contributed by atoms with Crippen molar-refractivity contribution in [2.75, 3.05) is 31.2 Å². The van der Waals surface area contributed by atoms with Crippen LogP contribution < -0.4 is 4.90 Å². The first-order valence-corrected chi connectivity index (χ1v) is 13.8. The second-order valence-corrected chi connectivity index (χ2v) is 11.9. The Balaban J connectivity index is 1.16. The van der Waals surface area contributed by atoms with E-state index in [1.807, 2.05) is 29.8 Å². The van der Waals surface area contributed by atoms with Crippen LogP contribution in [0.5, 0.6) is 0 Å². The van der Waals surface area contributed by atoms with Crippen LogP contribution in [0.1, 0.15) is 57.8 Å². The van der Waals surface area contributed by atoms with E-state index in [2.05, 4.69) is 20.1 Å². The molecular weight excluding hydrogens is 521 g/mol. The summed E-state index contributed by atoms with van der Waals surface area (Å²) < 4.78 is 49.2. The summed E-state index contributed by atoms with van der Waals surface area (Å²) in [7, 11) is 1.89. The van der Waals surface area contributed by atoms with Crippen LogP contribution in [0.4, 0.5) is 19.0 Å². The third-order valence-electron chi connectivity index (χ3n) is 9.23. The molecule has 2 unspecified atom stereocenters. The van der Waals surface area contributed by atoms with E-state index in [4.69, 9.17) is 4.74 Å². The van der Waals surface area contributed by atoms with E-state index in [1.54, 1.807) is 12.4 Å². The molecule has 210 valence electrons. The van der Waals surface area contributed by atoms with Crippen molar-refractivity contribution in [2.45, 2.75) is 50.4 Å². The monoisotopic (exact) mass is 552 g/mol. The highest BCUT2D eigenvalue weighted by atomic mass is 19.4. The van der Waals surface area contributed by atoms with Gasteiger partial charge in [0.25, 0.3) is 5.91 Å². The fourth-order valence-corrected chi connectivity index (χ4v) is 6.97. The molecule has 40 heavy (non-hydrogen) atoms. The van der Waals surface area contributed by atoms with Gasteiger partial charge in [-0.25, -0.2) is 4.98 Å². The molecule has 8 nitrogen and oxygen atoms in total. The first-order valence-electron chi connectivity index (χ1n) is 13.8. The van der Waals surface area contributed by atoms with Crippen molar-refractivity contribution in [3.8, 4) is 0 Å². The highest BCUT2D eigenvalue weighted by Gasteiger charge is 2.43. The maximum absolute atomic E-state index is 13.9. The molecule has 1 aliphatic carbocycles. The molecule has 5 heterocycles. The lowest BCUT2D eigenvalue weighted by Crippen LogP contribution is -2.49. The fourth-order valence-electron chi connectivity index (χ4n) is 6.97. The number of amides is 1. The van der Waals surface area contributed by atoms with Crippen molar-refractivity contribution in [2.24, 2.45) is 18.9 Å². The van der Waals surface area contributed by atoms with E-state index in [-0.39, 0.29) is 23.7 Å². The zero-order chi connectivity index (χ0) is 27.6. The molecule has 3 aliphatic heterocycles. The van der Waals surface area contributed by atoms with Crippen LogP contribution >= 0.6 is 0 Å². The highest BCUT2D eigenvalue weighted by molar-refractivity contribution is 6.09. The van der Waals surface area contributed by atoms with Crippen molar-refractivity contribution >= 4 is 11.7 Å². The zero-order valence-corrected chi connectivity index (χ0v) is 22.3. The quantitative estimate of drug-likeness (QED) is 0.458. The number of aromatic nitrogens is 4. The van der Waals surface area contributed by atoms with Gasteiger partial charge in [0.2, 0.25) is 0 Å². The summed E-state index contributed by atoms with van der Waals surface area (Å²) in [5, 5.41) is 8.19. The van der Waals surface area contributed by atoms with Crippen molar-refractivity contribution in [1.82, 2.24) is 24.6 Å². The van der Waals surface area contributed by atoms with Gasteiger partial charge in [-0.15, -0.1) is 10.2 Å². The Morgan fingerprint density at radius 3 is 2.52 bits per heavy atom. The number of carbonyl (C=O) groups is 1. The maximum atomic E-state index is 13.9. The van der Waals surface area contributed by atoms with E-state index in [9.17, 15) is 18.0 Å². The van der Waals surface area contributed by atoms with E-state index in [0.717, 1.165) is 36.1 Å². The van der Waals surface area contributed by atoms with Crippen molar-refractivity contribution in [1.29, 1.82) is 0 Å². The zero-order valence-electron chi connectivity index (χ0n) is 22.3. The summed E-state index contributed by atoms with van der Waals surface area (Å²) in [6.07, 6.45) is 1.30. The van der Waals surface area contributed by atoms with Crippen LogP contribution in [0, 0.1) is 11.8 Å². The summed E-state index contributed by atoms with van der Waals surface area (Å²) in [5.41, 5.74) is 1.46. The van der Waals surface area contributed by atoms with Gasteiger partial charge in [0, 0.05) is 44.1 Å². The maximum Gasteiger partial charge on any atom is 0.433 e. The number of likely N-dealkylation sites (tertiary alicyclic amines) is 1. The van der Waals surface area contributed by atoms with Gasteiger partial charge in [-0.1, -0.05) is 18.6 Å². The van der Waals surface area contributed by atoms with Gasteiger partial charge in [-0.2, -0.15) is 13.2 Å². The molecular formula is C29H31F3N6O2. The lowest BCUT2D eigenvalue weighted by Gasteiger charge is -2.41. The Morgan fingerprint density at radius 1 is 1.10 bits per heavy atom. The van der Waals surface area contributed by atoms with E-state index in [1.165, 1.54) is 24.2 Å². The summed E-state index contributed by atoms with van der Waals surface area (Å²) in [4.78, 5) is 21.2. The second kappa shape index (κ2) is 9.37. The molecule has 7 rings (SSSR count). The van der Waals surface area contributed by atoms with Crippen LogP contribution in [-0.2, 0) is 42.9 Å². The number of fused-ring (bicyclic) bond motifs is 2. The number of aryl methyl sites for hydroxylation is 1. The van der Waals surface area contributed by atoms with Gasteiger partial charge in [-0.05, 0) is 59.6 Å². The molecule has 11 heteroatoms. The molecule has 2 saturated heterocycles. The number of pyridine rings is 1. The number of alkyl halides is 3. The molecule has 0 spiro atoms. The standard InChI is InChI=1S/C29H31F3N6O2/c1-36-17-33-35-26(36)10-28(15-40-16-28)22-6-5-21-14-38(27(39)23(21)9-22)25-8-18(7-24(34-25)29(30,31)32)11-37-12-19-3-2-4-20(19)13-37/h5-9,17,19-20H,2-4,10-16H2,1H3. The summed E-state index contributed by atoms with van der Waals surface area (Å²) >= 11 is 0. The van der Waals surface area contributed by atoms with Crippen LogP contribution in [0.2, 0.25) is 0 Å². The minimum atomic E-state index is -4.61. The molecule has 2 aromatic heterocycles. The average Bonchev–Trinajstić information content (AvgIpc) is 3.66. The molecule has 1 saturated carbocycles. The Kier molecular flexibility index (Phi) is 6.01. The second-order valence-electron chi connectivity index (χ2n) is 11.9. The van der Waals surface area contributed by atoms with Crippen LogP contribution in [0.25, 0.3) is 0 Å². The number of nitrogens with zero attached hydrogens (tertiary/aromatic N) is 6. The predicted octanol–water partition coefficient (Wildman–Crippen LogP) is 4.13. The predicted molar refractivity (Wildman–Crippen MR) is 140 cm³/mol. The molecule has 2 atom stereocenters.